The predicted octanol–water partition coefficient (Wildman–Crippen LogP) is 4.37. The van der Waals surface area contributed by atoms with Crippen LogP contribution in [0.5, 0.6) is 0 Å². The highest BCUT2D eigenvalue weighted by molar-refractivity contribution is 7.19. The van der Waals surface area contributed by atoms with Gasteiger partial charge >= 0.3 is 0 Å². The van der Waals surface area contributed by atoms with E-state index in [-0.39, 0.29) is 5.91 Å². The first kappa shape index (κ1) is 17.4. The van der Waals surface area contributed by atoms with Gasteiger partial charge in [0, 0.05) is 23.2 Å². The molecule has 0 aliphatic carbocycles. The van der Waals surface area contributed by atoms with Crippen molar-refractivity contribution in [2.24, 2.45) is 0 Å². The van der Waals surface area contributed by atoms with Gasteiger partial charge in [-0.15, -0.1) is 10.2 Å². The lowest BCUT2D eigenvalue weighted by Gasteiger charge is -2.07. The molecule has 0 spiro atoms. The maximum absolute atomic E-state index is 12.5. The van der Waals surface area contributed by atoms with Gasteiger partial charge in [0.05, 0.1) is 0 Å². The van der Waals surface area contributed by atoms with Crippen molar-refractivity contribution < 1.29 is 4.79 Å². The van der Waals surface area contributed by atoms with Crippen LogP contribution in [0, 0.1) is 6.92 Å². The van der Waals surface area contributed by atoms with Crippen molar-refractivity contribution in [1.29, 1.82) is 0 Å². The number of aromatic nitrogens is 4. The number of nitrogens with zero attached hydrogens (tertiary/aromatic N) is 4. The normalized spacial score (nSPS) is 11.0. The van der Waals surface area contributed by atoms with E-state index >= 15 is 0 Å². The zero-order chi connectivity index (χ0) is 18.8. The van der Waals surface area contributed by atoms with Crippen molar-refractivity contribution in [1.82, 2.24) is 19.8 Å². The fraction of sp³-hybridized carbons (Fsp3) is 0.200. The molecule has 136 valence electrons. The molecule has 2 aromatic heterocycles. The van der Waals surface area contributed by atoms with E-state index in [1.54, 1.807) is 0 Å². The van der Waals surface area contributed by atoms with Gasteiger partial charge in [-0.1, -0.05) is 48.1 Å². The number of hydrogen-bond donors (Lipinski definition) is 1. The van der Waals surface area contributed by atoms with Crippen LogP contribution < -0.4 is 5.32 Å². The van der Waals surface area contributed by atoms with Crippen LogP contribution in [0.1, 0.15) is 35.1 Å². The van der Waals surface area contributed by atoms with Crippen molar-refractivity contribution in [3.8, 4) is 10.6 Å². The van der Waals surface area contributed by atoms with E-state index in [0.29, 0.717) is 5.56 Å². The highest BCUT2D eigenvalue weighted by Crippen LogP contribution is 2.27. The third kappa shape index (κ3) is 3.59. The van der Waals surface area contributed by atoms with Crippen molar-refractivity contribution in [2.45, 2.75) is 26.7 Å². The smallest absolute Gasteiger partial charge is 0.255 e. The number of aryl methyl sites for hydroxylation is 2. The first-order chi connectivity index (χ1) is 13.1. The lowest BCUT2D eigenvalue weighted by Crippen LogP contribution is -2.11. The van der Waals surface area contributed by atoms with E-state index in [4.69, 9.17) is 0 Å². The van der Waals surface area contributed by atoms with Gasteiger partial charge in [-0.2, -0.15) is 9.61 Å². The molecule has 0 aliphatic rings. The van der Waals surface area contributed by atoms with Crippen LogP contribution in [0.4, 0.5) is 5.69 Å². The predicted molar refractivity (Wildman–Crippen MR) is 107 cm³/mol. The van der Waals surface area contributed by atoms with Crippen LogP contribution in [0.2, 0.25) is 0 Å². The van der Waals surface area contributed by atoms with Crippen LogP contribution in [0.15, 0.2) is 48.5 Å². The average molecular weight is 377 g/mol. The second-order valence-electron chi connectivity index (χ2n) is 6.37. The van der Waals surface area contributed by atoms with Gasteiger partial charge in [0.25, 0.3) is 5.91 Å². The summed E-state index contributed by atoms with van der Waals surface area (Å²) in [6.45, 7) is 4.08. The minimum absolute atomic E-state index is 0.126. The molecule has 1 N–H and O–H groups in total. The van der Waals surface area contributed by atoms with Gasteiger partial charge in [0.15, 0.2) is 5.82 Å². The summed E-state index contributed by atoms with van der Waals surface area (Å²) in [6.07, 6.45) is 1.84. The van der Waals surface area contributed by atoms with Crippen molar-refractivity contribution in [3.63, 3.8) is 0 Å². The van der Waals surface area contributed by atoms with Crippen molar-refractivity contribution in [3.05, 3.63) is 65.5 Å². The van der Waals surface area contributed by atoms with Gasteiger partial charge in [-0.05, 0) is 37.6 Å². The summed E-state index contributed by atoms with van der Waals surface area (Å²) in [5.41, 5.74) is 3.37. The number of anilines is 1. The van der Waals surface area contributed by atoms with Gasteiger partial charge in [-0.25, -0.2) is 0 Å². The molecule has 7 heteroatoms. The van der Waals surface area contributed by atoms with Gasteiger partial charge in [-0.3, -0.25) is 4.79 Å². The monoisotopic (exact) mass is 377 g/mol. The second-order valence-corrected chi connectivity index (χ2v) is 7.33. The summed E-state index contributed by atoms with van der Waals surface area (Å²) in [7, 11) is 0. The maximum Gasteiger partial charge on any atom is 0.255 e. The number of amides is 1. The minimum atomic E-state index is -0.126. The number of carbonyl (C=O) groups excluding carboxylic acids is 1. The topological polar surface area (TPSA) is 72.2 Å². The number of fused-ring (bicyclic) bond motifs is 1. The maximum atomic E-state index is 12.5. The third-order valence-electron chi connectivity index (χ3n) is 4.18. The molecule has 4 aromatic rings. The molecule has 0 saturated carbocycles. The Balaban J connectivity index is 1.60. The summed E-state index contributed by atoms with van der Waals surface area (Å²) >= 11 is 1.49. The van der Waals surface area contributed by atoms with E-state index in [9.17, 15) is 4.79 Å². The Morgan fingerprint density at radius 2 is 2.00 bits per heavy atom. The van der Waals surface area contributed by atoms with Gasteiger partial charge in [0.2, 0.25) is 4.96 Å². The van der Waals surface area contributed by atoms with Crippen molar-refractivity contribution in [2.75, 3.05) is 5.32 Å². The number of benzene rings is 2. The summed E-state index contributed by atoms with van der Waals surface area (Å²) in [4.78, 5) is 13.3. The standard InChI is InChI=1S/C20H19N5OS/c1-3-6-17-22-23-20-25(17)24-19(27-20)15-9-5-10-16(12-15)21-18(26)14-8-4-7-13(2)11-14/h4-5,7-12H,3,6H2,1-2H3,(H,21,26). The summed E-state index contributed by atoms with van der Waals surface area (Å²) < 4.78 is 1.81. The fourth-order valence-corrected chi connectivity index (χ4v) is 3.73. The van der Waals surface area contributed by atoms with Crippen LogP contribution in [0.3, 0.4) is 0 Å². The lowest BCUT2D eigenvalue weighted by atomic mass is 10.1. The zero-order valence-electron chi connectivity index (χ0n) is 15.1. The Hall–Kier alpha value is -3.06. The van der Waals surface area contributed by atoms with E-state index < -0.39 is 0 Å². The third-order valence-corrected chi connectivity index (χ3v) is 5.12. The quantitative estimate of drug-likeness (QED) is 0.561. The number of carbonyl (C=O) groups is 1. The van der Waals surface area contributed by atoms with Crippen LogP contribution in [-0.2, 0) is 6.42 Å². The minimum Gasteiger partial charge on any atom is -0.322 e. The van der Waals surface area contributed by atoms with Crippen LogP contribution >= 0.6 is 11.3 Å². The number of nitrogens with one attached hydrogen (secondary N) is 1. The highest BCUT2D eigenvalue weighted by atomic mass is 32.1. The first-order valence-electron chi connectivity index (χ1n) is 8.83. The molecular formula is C20H19N5OS. The van der Waals surface area contributed by atoms with Crippen LogP contribution in [0.25, 0.3) is 15.5 Å². The first-order valence-corrected chi connectivity index (χ1v) is 9.65. The molecule has 0 atom stereocenters. The zero-order valence-corrected chi connectivity index (χ0v) is 16.0. The molecule has 0 saturated heterocycles. The van der Waals surface area contributed by atoms with Gasteiger partial charge < -0.3 is 5.32 Å². The van der Waals surface area contributed by atoms with E-state index in [1.807, 2.05) is 60.0 Å². The molecule has 0 bridgehead atoms. The number of hydrogen-bond acceptors (Lipinski definition) is 5. The molecule has 0 aliphatic heterocycles. The van der Waals surface area contributed by atoms with E-state index in [0.717, 1.165) is 45.4 Å². The summed E-state index contributed by atoms with van der Waals surface area (Å²) in [6, 6.07) is 15.2. The van der Waals surface area contributed by atoms with E-state index in [2.05, 4.69) is 27.5 Å². The Labute approximate surface area is 160 Å². The molecular weight excluding hydrogens is 358 g/mol. The Kier molecular flexibility index (Phi) is 4.68. The summed E-state index contributed by atoms with van der Waals surface area (Å²) in [5, 5.41) is 16.8. The molecule has 4 rings (SSSR count). The number of rotatable bonds is 5. The second kappa shape index (κ2) is 7.28. The fourth-order valence-electron chi connectivity index (χ4n) is 2.87. The molecule has 0 fully saturated rings. The molecule has 2 heterocycles. The van der Waals surface area contributed by atoms with E-state index in [1.165, 1.54) is 11.3 Å². The van der Waals surface area contributed by atoms with Crippen molar-refractivity contribution >= 4 is 27.9 Å². The Morgan fingerprint density at radius 3 is 2.81 bits per heavy atom. The molecule has 2 aromatic carbocycles. The average Bonchev–Trinajstić information content (AvgIpc) is 3.24. The lowest BCUT2D eigenvalue weighted by molar-refractivity contribution is 0.102. The van der Waals surface area contributed by atoms with Gasteiger partial charge in [0.1, 0.15) is 5.01 Å². The molecule has 0 radical (unpaired) electrons. The SMILES string of the molecule is CCCc1nnc2sc(-c3cccc(NC(=O)c4cccc(C)c4)c3)nn12. The molecule has 6 nitrogen and oxygen atoms in total. The summed E-state index contributed by atoms with van der Waals surface area (Å²) in [5.74, 6) is 0.748. The largest absolute Gasteiger partial charge is 0.322 e. The Bertz CT molecular complexity index is 1110. The highest BCUT2D eigenvalue weighted by Gasteiger charge is 2.13. The Morgan fingerprint density at radius 1 is 1.15 bits per heavy atom. The molecule has 1 amide bonds. The van der Waals surface area contributed by atoms with Crippen LogP contribution in [-0.4, -0.2) is 25.7 Å². The molecule has 0 unspecified atom stereocenters. The molecule has 27 heavy (non-hydrogen) atoms.